The van der Waals surface area contributed by atoms with E-state index in [1.165, 1.54) is 69.8 Å². The Morgan fingerprint density at radius 3 is 2.14 bits per heavy atom. The van der Waals surface area contributed by atoms with E-state index in [0.29, 0.717) is 0 Å². The van der Waals surface area contributed by atoms with Crippen LogP contribution < -0.4 is 0 Å². The lowest BCUT2D eigenvalue weighted by atomic mass is 10.1. The molecule has 0 nitrogen and oxygen atoms in total. The Hall–Kier alpha value is -1.04. The lowest BCUT2D eigenvalue weighted by molar-refractivity contribution is 0.566. The maximum atomic E-state index is 3.28. The van der Waals surface area contributed by atoms with Gasteiger partial charge in [0.25, 0.3) is 0 Å². The second kappa shape index (κ2) is 13.9. The van der Waals surface area contributed by atoms with Crippen molar-refractivity contribution < 1.29 is 0 Å². The third-order valence-corrected chi connectivity index (χ3v) is 3.99. The molecule has 0 bridgehead atoms. The second-order valence-corrected chi connectivity index (χ2v) is 6.01. The van der Waals surface area contributed by atoms with E-state index in [-0.39, 0.29) is 0 Å². The van der Waals surface area contributed by atoms with Crippen molar-refractivity contribution >= 4 is 0 Å². The van der Waals surface area contributed by atoms with Gasteiger partial charge in [0.1, 0.15) is 0 Å². The molecule has 0 aliphatic heterocycles. The van der Waals surface area contributed by atoms with E-state index >= 15 is 0 Å². The van der Waals surface area contributed by atoms with Crippen LogP contribution in [-0.2, 0) is 6.42 Å². The summed E-state index contributed by atoms with van der Waals surface area (Å²) in [6, 6.07) is 11.6. The highest BCUT2D eigenvalue weighted by Gasteiger charge is 1.91. The zero-order chi connectivity index (χ0) is 15.0. The van der Waals surface area contributed by atoms with Crippen LogP contribution in [0.25, 0.3) is 0 Å². The van der Waals surface area contributed by atoms with Gasteiger partial charge in [-0.3, -0.25) is 0 Å². The molecule has 1 aromatic carbocycles. The van der Waals surface area contributed by atoms with E-state index in [1.807, 2.05) is 12.1 Å². The Morgan fingerprint density at radius 1 is 0.810 bits per heavy atom. The second-order valence-electron chi connectivity index (χ2n) is 6.01. The van der Waals surface area contributed by atoms with Gasteiger partial charge in [0.2, 0.25) is 0 Å². The van der Waals surface area contributed by atoms with Crippen LogP contribution in [0, 0.1) is 6.07 Å². The van der Waals surface area contributed by atoms with Gasteiger partial charge >= 0.3 is 0 Å². The van der Waals surface area contributed by atoms with E-state index in [0.717, 1.165) is 12.8 Å². The fourth-order valence-corrected chi connectivity index (χ4v) is 2.63. The van der Waals surface area contributed by atoms with Crippen LogP contribution in [-0.4, -0.2) is 0 Å². The lowest BCUT2D eigenvalue weighted by Crippen LogP contribution is -1.82. The van der Waals surface area contributed by atoms with Crippen molar-refractivity contribution in [3.8, 4) is 0 Å². The van der Waals surface area contributed by atoms with Gasteiger partial charge in [0.05, 0.1) is 0 Å². The molecular formula is C21H33. The average Bonchev–Trinajstić information content (AvgIpc) is 2.53. The van der Waals surface area contributed by atoms with Gasteiger partial charge in [-0.25, -0.2) is 0 Å². The molecular weight excluding hydrogens is 252 g/mol. The molecule has 117 valence electrons. The van der Waals surface area contributed by atoms with E-state index in [1.54, 1.807) is 0 Å². The van der Waals surface area contributed by atoms with Gasteiger partial charge < -0.3 is 0 Å². The number of unbranched alkanes of at least 4 members (excludes halogenated alkanes) is 9. The Balaban J connectivity index is 1.82. The summed E-state index contributed by atoms with van der Waals surface area (Å²) in [6.07, 6.45) is 21.0. The summed E-state index contributed by atoms with van der Waals surface area (Å²) in [5.41, 5.74) is 1.32. The molecule has 0 saturated heterocycles. The predicted molar refractivity (Wildman–Crippen MR) is 94.6 cm³/mol. The molecule has 0 heterocycles. The monoisotopic (exact) mass is 285 g/mol. The molecule has 0 N–H and O–H groups in total. The summed E-state index contributed by atoms with van der Waals surface area (Å²) in [7, 11) is 0. The summed E-state index contributed by atoms with van der Waals surface area (Å²) in [5, 5.41) is 0. The van der Waals surface area contributed by atoms with Crippen LogP contribution in [0.15, 0.2) is 36.4 Å². The molecule has 1 radical (unpaired) electrons. The van der Waals surface area contributed by atoms with Gasteiger partial charge in [-0.2, -0.15) is 0 Å². The number of hydrogen-bond donors (Lipinski definition) is 0. The Bertz CT molecular complexity index is 336. The van der Waals surface area contributed by atoms with Crippen LogP contribution in [0.1, 0.15) is 83.1 Å². The fourth-order valence-electron chi connectivity index (χ4n) is 2.63. The minimum atomic E-state index is 1.12. The zero-order valence-electron chi connectivity index (χ0n) is 13.9. The van der Waals surface area contributed by atoms with Crippen molar-refractivity contribution in [2.75, 3.05) is 0 Å². The van der Waals surface area contributed by atoms with E-state index in [9.17, 15) is 0 Å². The highest BCUT2D eigenvalue weighted by Crippen LogP contribution is 2.11. The molecule has 0 fully saturated rings. The van der Waals surface area contributed by atoms with E-state index < -0.39 is 0 Å². The van der Waals surface area contributed by atoms with Crippen LogP contribution in [0.4, 0.5) is 0 Å². The van der Waals surface area contributed by atoms with Crippen LogP contribution in [0.5, 0.6) is 0 Å². The maximum Gasteiger partial charge on any atom is -0.0149 e. The molecule has 0 amide bonds. The molecule has 0 aromatic heterocycles. The summed E-state index contributed by atoms with van der Waals surface area (Å²) in [6.45, 7) is 2.28. The first kappa shape index (κ1) is 18.0. The van der Waals surface area contributed by atoms with Crippen molar-refractivity contribution in [2.45, 2.75) is 84.0 Å². The quantitative estimate of drug-likeness (QED) is 0.273. The normalized spacial score (nSPS) is 11.3. The first-order chi connectivity index (χ1) is 10.4. The fraction of sp³-hybridized carbons (Fsp3) is 0.619. The molecule has 0 atom stereocenters. The van der Waals surface area contributed by atoms with Gasteiger partial charge in [-0.05, 0) is 37.3 Å². The third kappa shape index (κ3) is 11.3. The number of aryl methyl sites for hydroxylation is 1. The van der Waals surface area contributed by atoms with Gasteiger partial charge in [0, 0.05) is 0 Å². The van der Waals surface area contributed by atoms with Gasteiger partial charge in [-0.1, -0.05) is 94.7 Å². The molecule has 0 spiro atoms. The molecule has 0 aliphatic rings. The average molecular weight is 285 g/mol. The lowest BCUT2D eigenvalue weighted by Gasteiger charge is -2.00. The first-order valence-corrected chi connectivity index (χ1v) is 9.04. The zero-order valence-corrected chi connectivity index (χ0v) is 13.9. The minimum absolute atomic E-state index is 1.12. The van der Waals surface area contributed by atoms with Crippen LogP contribution in [0.2, 0.25) is 0 Å². The van der Waals surface area contributed by atoms with Crippen LogP contribution in [0.3, 0.4) is 0 Å². The summed E-state index contributed by atoms with van der Waals surface area (Å²) < 4.78 is 0. The van der Waals surface area contributed by atoms with Crippen LogP contribution >= 0.6 is 0 Å². The number of hydrogen-bond acceptors (Lipinski definition) is 0. The van der Waals surface area contributed by atoms with Gasteiger partial charge in [0.15, 0.2) is 0 Å². The molecule has 21 heavy (non-hydrogen) atoms. The highest BCUT2D eigenvalue weighted by atomic mass is 14.0. The first-order valence-electron chi connectivity index (χ1n) is 9.04. The SMILES string of the molecule is CCCCCCCCCCCC=CCCc1[c]cccc1. The standard InChI is InChI=1S/C21H33/c1-2-3-4-5-6-7-8-9-10-11-12-13-15-18-21-19-16-14-17-20-21/h12-14,16-17,19H,2-11,15,18H2,1H3. The highest BCUT2D eigenvalue weighted by molar-refractivity contribution is 5.13. The van der Waals surface area contributed by atoms with E-state index in [2.05, 4.69) is 37.3 Å². The number of benzene rings is 1. The van der Waals surface area contributed by atoms with Crippen molar-refractivity contribution in [3.63, 3.8) is 0 Å². The smallest absolute Gasteiger partial charge is 0.0149 e. The van der Waals surface area contributed by atoms with E-state index in [4.69, 9.17) is 0 Å². The topological polar surface area (TPSA) is 0 Å². The molecule has 0 heteroatoms. The molecule has 0 saturated carbocycles. The van der Waals surface area contributed by atoms with Crippen molar-refractivity contribution in [3.05, 3.63) is 48.0 Å². The Morgan fingerprint density at radius 2 is 1.48 bits per heavy atom. The minimum Gasteiger partial charge on any atom is -0.0885 e. The third-order valence-electron chi connectivity index (χ3n) is 3.99. The largest absolute Gasteiger partial charge is 0.0885 e. The molecule has 0 aliphatic carbocycles. The summed E-state index contributed by atoms with van der Waals surface area (Å²) in [5.74, 6) is 0. The number of allylic oxidation sites excluding steroid dienone is 2. The maximum absolute atomic E-state index is 3.28. The Labute approximate surface area is 132 Å². The van der Waals surface area contributed by atoms with Crippen molar-refractivity contribution in [1.29, 1.82) is 0 Å². The predicted octanol–water partition coefficient (Wildman–Crippen LogP) is 6.90. The van der Waals surface area contributed by atoms with Gasteiger partial charge in [-0.15, -0.1) is 0 Å². The number of rotatable bonds is 13. The summed E-state index contributed by atoms with van der Waals surface area (Å²) in [4.78, 5) is 0. The van der Waals surface area contributed by atoms with Crippen molar-refractivity contribution in [1.82, 2.24) is 0 Å². The molecule has 1 rings (SSSR count). The molecule has 1 aromatic rings. The molecule has 0 unspecified atom stereocenters. The Kier molecular flexibility index (Phi) is 11.9. The van der Waals surface area contributed by atoms with Crippen molar-refractivity contribution in [2.24, 2.45) is 0 Å². The summed E-state index contributed by atoms with van der Waals surface area (Å²) >= 11 is 0.